The van der Waals surface area contributed by atoms with E-state index in [1.165, 1.54) is 18.7 Å². The predicted octanol–water partition coefficient (Wildman–Crippen LogP) is 1.75. The largest absolute Gasteiger partial charge is 0.360 e. The molecule has 2 heterocycles. The smallest absolute Gasteiger partial charge is 0.354 e. The maximum atomic E-state index is 12.0. The van der Waals surface area contributed by atoms with Crippen molar-refractivity contribution in [1.82, 2.24) is 20.4 Å². The number of anilines is 2. The van der Waals surface area contributed by atoms with Crippen LogP contribution in [0.2, 0.25) is 0 Å². The van der Waals surface area contributed by atoms with Crippen LogP contribution in [0.5, 0.6) is 0 Å². The molecule has 10 nitrogen and oxygen atoms in total. The van der Waals surface area contributed by atoms with Crippen molar-refractivity contribution in [1.29, 1.82) is 0 Å². The fourth-order valence-electron chi connectivity index (χ4n) is 1.78. The minimum absolute atomic E-state index is 0.0561. The third kappa shape index (κ3) is 4.35. The molecule has 10 heteroatoms. The zero-order valence-electron chi connectivity index (χ0n) is 13.4. The number of hydrazine groups is 1. The minimum atomic E-state index is -0.618. The number of nitro groups is 1. The number of hydrogen-bond donors (Lipinski definition) is 3. The topological polar surface area (TPSA) is 135 Å². The number of carbonyl (C=O) groups is 1. The Morgan fingerprint density at radius 2 is 1.96 bits per heavy atom. The molecule has 0 unspecified atom stereocenters. The number of rotatable bonds is 5. The number of aromatic nitrogens is 3. The minimum Gasteiger partial charge on any atom is -0.360 e. The van der Waals surface area contributed by atoms with Gasteiger partial charge >= 0.3 is 5.69 Å². The lowest BCUT2D eigenvalue weighted by molar-refractivity contribution is -0.383. The van der Waals surface area contributed by atoms with Crippen LogP contribution in [0.4, 0.5) is 17.3 Å². The summed E-state index contributed by atoms with van der Waals surface area (Å²) < 4.78 is 0. The van der Waals surface area contributed by atoms with E-state index in [4.69, 9.17) is 0 Å². The van der Waals surface area contributed by atoms with Crippen LogP contribution in [0.25, 0.3) is 0 Å². The Morgan fingerprint density at radius 3 is 2.54 bits per heavy atom. The molecule has 0 bridgehead atoms. The number of pyridine rings is 1. The van der Waals surface area contributed by atoms with Crippen molar-refractivity contribution in [3.05, 3.63) is 46.5 Å². The second-order valence-electron chi connectivity index (χ2n) is 5.87. The molecule has 0 aliphatic rings. The van der Waals surface area contributed by atoms with Gasteiger partial charge in [-0.3, -0.25) is 30.7 Å². The summed E-state index contributed by atoms with van der Waals surface area (Å²) in [6, 6.07) is 3.17. The highest BCUT2D eigenvalue weighted by Gasteiger charge is 2.26. The molecule has 0 aliphatic heterocycles. The molecule has 24 heavy (non-hydrogen) atoms. The van der Waals surface area contributed by atoms with Gasteiger partial charge in [-0.25, -0.2) is 9.97 Å². The van der Waals surface area contributed by atoms with Gasteiger partial charge < -0.3 is 5.32 Å². The number of nitrogens with zero attached hydrogens (tertiary/aromatic N) is 4. The van der Waals surface area contributed by atoms with E-state index in [2.05, 4.69) is 31.1 Å². The monoisotopic (exact) mass is 331 g/mol. The van der Waals surface area contributed by atoms with Crippen LogP contribution in [0, 0.1) is 10.1 Å². The average Bonchev–Trinajstić information content (AvgIpc) is 2.51. The van der Waals surface area contributed by atoms with E-state index in [1.807, 2.05) is 20.8 Å². The molecular weight excluding hydrogens is 314 g/mol. The van der Waals surface area contributed by atoms with Crippen molar-refractivity contribution >= 4 is 23.2 Å². The van der Waals surface area contributed by atoms with Crippen LogP contribution in [0.3, 0.4) is 0 Å². The van der Waals surface area contributed by atoms with Gasteiger partial charge in [-0.15, -0.1) is 0 Å². The average molecular weight is 331 g/mol. The summed E-state index contributed by atoms with van der Waals surface area (Å²) in [5.74, 6) is -0.569. The lowest BCUT2D eigenvalue weighted by atomic mass is 10.1. The molecule has 126 valence electrons. The Balaban J connectivity index is 2.22. The normalized spacial score (nSPS) is 10.8. The second kappa shape index (κ2) is 6.86. The summed E-state index contributed by atoms with van der Waals surface area (Å²) in [4.78, 5) is 34.3. The van der Waals surface area contributed by atoms with Crippen molar-refractivity contribution in [2.75, 3.05) is 10.7 Å². The van der Waals surface area contributed by atoms with E-state index in [1.54, 1.807) is 12.1 Å². The van der Waals surface area contributed by atoms with Crippen LogP contribution >= 0.6 is 0 Å². The maximum Gasteiger partial charge on any atom is 0.354 e. The number of hydrogen-bond acceptors (Lipinski definition) is 8. The maximum absolute atomic E-state index is 12.0. The lowest BCUT2D eigenvalue weighted by Crippen LogP contribution is -2.31. The standard InChI is InChI=1S/C14H17N7O3/c1-14(2,3)18-11-10(21(23)24)12(17-8-16-11)19-20-13(22)9-5-4-6-15-7-9/h4-8H,1-3H3,(H,20,22)(H2,16,17,18,19). The highest BCUT2D eigenvalue weighted by atomic mass is 16.6. The first-order chi connectivity index (χ1) is 11.3. The third-order valence-electron chi connectivity index (χ3n) is 2.72. The first-order valence-electron chi connectivity index (χ1n) is 7.02. The Labute approximate surface area is 137 Å². The van der Waals surface area contributed by atoms with Crippen molar-refractivity contribution in [2.45, 2.75) is 26.3 Å². The molecular formula is C14H17N7O3. The first kappa shape index (κ1) is 17.1. The number of amides is 1. The Bertz CT molecular complexity index is 744. The van der Waals surface area contributed by atoms with Gasteiger partial charge in [0.05, 0.1) is 10.5 Å². The SMILES string of the molecule is CC(C)(C)Nc1ncnc(NNC(=O)c2cccnc2)c1[N+](=O)[O-]. The molecule has 0 aliphatic carbocycles. The van der Waals surface area contributed by atoms with Gasteiger partial charge in [0, 0.05) is 17.9 Å². The van der Waals surface area contributed by atoms with Crippen LogP contribution in [0.1, 0.15) is 31.1 Å². The Morgan fingerprint density at radius 1 is 1.25 bits per heavy atom. The zero-order valence-corrected chi connectivity index (χ0v) is 13.4. The molecule has 1 amide bonds. The van der Waals surface area contributed by atoms with Gasteiger partial charge in [-0.1, -0.05) is 0 Å². The highest BCUT2D eigenvalue weighted by Crippen LogP contribution is 2.30. The molecule has 0 spiro atoms. The van der Waals surface area contributed by atoms with Gasteiger partial charge in [0.15, 0.2) is 0 Å². The van der Waals surface area contributed by atoms with Crippen LogP contribution in [0.15, 0.2) is 30.9 Å². The van der Waals surface area contributed by atoms with Crippen molar-refractivity contribution in [2.24, 2.45) is 0 Å². The van der Waals surface area contributed by atoms with E-state index < -0.39 is 16.4 Å². The summed E-state index contributed by atoms with van der Waals surface area (Å²) in [5.41, 5.74) is 4.31. The van der Waals surface area contributed by atoms with E-state index in [0.717, 1.165) is 0 Å². The highest BCUT2D eigenvalue weighted by molar-refractivity contribution is 5.94. The predicted molar refractivity (Wildman–Crippen MR) is 87.4 cm³/mol. The molecule has 2 aromatic heterocycles. The molecule has 0 radical (unpaired) electrons. The summed E-state index contributed by atoms with van der Waals surface area (Å²) in [5, 5.41) is 14.3. The van der Waals surface area contributed by atoms with Gasteiger partial charge in [0.25, 0.3) is 5.91 Å². The summed E-state index contributed by atoms with van der Waals surface area (Å²) in [7, 11) is 0. The molecule has 0 fully saturated rings. The van der Waals surface area contributed by atoms with Gasteiger partial charge in [0.2, 0.25) is 11.6 Å². The molecule has 2 rings (SSSR count). The fraction of sp³-hybridized carbons (Fsp3) is 0.286. The van der Waals surface area contributed by atoms with E-state index in [0.29, 0.717) is 5.56 Å². The van der Waals surface area contributed by atoms with E-state index in [-0.39, 0.29) is 17.3 Å². The third-order valence-corrected chi connectivity index (χ3v) is 2.72. The Kier molecular flexibility index (Phi) is 4.87. The molecule has 0 atom stereocenters. The number of nitrogens with one attached hydrogen (secondary N) is 3. The van der Waals surface area contributed by atoms with Crippen LogP contribution in [-0.2, 0) is 0 Å². The molecule has 2 aromatic rings. The zero-order chi connectivity index (χ0) is 17.7. The van der Waals surface area contributed by atoms with Crippen molar-refractivity contribution < 1.29 is 9.72 Å². The summed E-state index contributed by atoms with van der Waals surface area (Å²) >= 11 is 0. The first-order valence-corrected chi connectivity index (χ1v) is 7.02. The summed E-state index contributed by atoms with van der Waals surface area (Å²) in [6.45, 7) is 5.53. The van der Waals surface area contributed by atoms with Gasteiger partial charge in [-0.05, 0) is 32.9 Å². The van der Waals surface area contributed by atoms with Gasteiger partial charge in [-0.2, -0.15) is 0 Å². The van der Waals surface area contributed by atoms with Gasteiger partial charge in [0.1, 0.15) is 6.33 Å². The second-order valence-corrected chi connectivity index (χ2v) is 5.87. The molecule has 0 saturated heterocycles. The lowest BCUT2D eigenvalue weighted by Gasteiger charge is -2.21. The molecule has 0 aromatic carbocycles. The van der Waals surface area contributed by atoms with Crippen molar-refractivity contribution in [3.8, 4) is 0 Å². The van der Waals surface area contributed by atoms with Crippen LogP contribution < -0.4 is 16.2 Å². The molecule has 3 N–H and O–H groups in total. The Hall–Kier alpha value is -3.30. The van der Waals surface area contributed by atoms with Crippen molar-refractivity contribution in [3.63, 3.8) is 0 Å². The van der Waals surface area contributed by atoms with Crippen LogP contribution in [-0.4, -0.2) is 31.3 Å². The van der Waals surface area contributed by atoms with E-state index >= 15 is 0 Å². The summed E-state index contributed by atoms with van der Waals surface area (Å²) in [6.07, 6.45) is 4.07. The fourth-order valence-corrected chi connectivity index (χ4v) is 1.78. The molecule has 0 saturated carbocycles. The quantitative estimate of drug-likeness (QED) is 0.557. The number of carbonyl (C=O) groups excluding carboxylic acids is 1. The van der Waals surface area contributed by atoms with E-state index in [9.17, 15) is 14.9 Å².